The number of ether oxygens (including phenoxy) is 4. The summed E-state index contributed by atoms with van der Waals surface area (Å²) in [7, 11) is 1.59. The summed E-state index contributed by atoms with van der Waals surface area (Å²) in [4.78, 5) is 26.8. The molecule has 0 heterocycles. The molecule has 0 aliphatic heterocycles. The fourth-order valence-electron chi connectivity index (χ4n) is 6.05. The van der Waals surface area contributed by atoms with Crippen LogP contribution in [0.5, 0.6) is 0 Å². The van der Waals surface area contributed by atoms with E-state index in [0.717, 1.165) is 56.7 Å². The molecule has 0 amide bonds. The first-order valence-corrected chi connectivity index (χ1v) is 12.9. The minimum absolute atomic E-state index is 0.0347. The van der Waals surface area contributed by atoms with Crippen LogP contribution in [0.25, 0.3) is 0 Å². The molecule has 0 aromatic carbocycles. The highest BCUT2D eigenvalue weighted by atomic mass is 16.7. The van der Waals surface area contributed by atoms with Gasteiger partial charge in [-0.1, -0.05) is 27.7 Å². The lowest BCUT2D eigenvalue weighted by molar-refractivity contribution is -0.150. The molecule has 0 saturated heterocycles. The molecule has 0 spiro atoms. The molecule has 3 atom stereocenters. The summed E-state index contributed by atoms with van der Waals surface area (Å²) in [6, 6.07) is 0. The van der Waals surface area contributed by atoms with Crippen LogP contribution in [0, 0.1) is 29.1 Å². The second-order valence-corrected chi connectivity index (χ2v) is 10.7. The van der Waals surface area contributed by atoms with Crippen molar-refractivity contribution >= 4 is 12.1 Å². The van der Waals surface area contributed by atoms with E-state index >= 15 is 0 Å². The maximum Gasteiger partial charge on any atom is 0.508 e. The van der Waals surface area contributed by atoms with E-state index in [2.05, 4.69) is 32.6 Å². The SMILES string of the molecule is CCN(CC)CCCOC(=O)OCC(COC)COC(=O)CC1(C)CC2CC(C)CC(C2)C1. The largest absolute Gasteiger partial charge is 0.508 e. The Hall–Kier alpha value is -1.34. The number of nitrogens with zero attached hydrogens (tertiary/aromatic N) is 1. The number of fused-ring (bicyclic) bond motifs is 2. The van der Waals surface area contributed by atoms with Gasteiger partial charge in [-0.15, -0.1) is 0 Å². The molecule has 0 aromatic rings. The predicted molar refractivity (Wildman–Crippen MR) is 128 cm³/mol. The molecule has 7 nitrogen and oxygen atoms in total. The third kappa shape index (κ3) is 10.2. The van der Waals surface area contributed by atoms with Crippen LogP contribution in [-0.2, 0) is 23.7 Å². The van der Waals surface area contributed by atoms with E-state index < -0.39 is 6.16 Å². The summed E-state index contributed by atoms with van der Waals surface area (Å²) in [5, 5.41) is 0. The van der Waals surface area contributed by atoms with Crippen LogP contribution in [-0.4, -0.2) is 70.2 Å². The topological polar surface area (TPSA) is 74.3 Å². The van der Waals surface area contributed by atoms with Crippen molar-refractivity contribution in [2.45, 2.75) is 72.6 Å². The van der Waals surface area contributed by atoms with Crippen LogP contribution in [0.15, 0.2) is 0 Å². The van der Waals surface area contributed by atoms with Gasteiger partial charge in [-0.3, -0.25) is 4.79 Å². The number of carbonyl (C=O) groups excluding carboxylic acids is 2. The Morgan fingerprint density at radius 1 is 0.970 bits per heavy atom. The molecule has 0 N–H and O–H groups in total. The van der Waals surface area contributed by atoms with Gasteiger partial charge in [-0.05, 0) is 74.8 Å². The summed E-state index contributed by atoms with van der Waals surface area (Å²) < 4.78 is 21.2. The Labute approximate surface area is 200 Å². The lowest BCUT2D eigenvalue weighted by Crippen LogP contribution is -2.38. The Bertz CT molecular complexity index is 575. The summed E-state index contributed by atoms with van der Waals surface area (Å²) >= 11 is 0. The van der Waals surface area contributed by atoms with E-state index in [0.29, 0.717) is 19.6 Å². The van der Waals surface area contributed by atoms with E-state index in [1.54, 1.807) is 7.11 Å². The van der Waals surface area contributed by atoms with Crippen LogP contribution in [0.1, 0.15) is 72.6 Å². The van der Waals surface area contributed by atoms with Crippen molar-refractivity contribution in [3.8, 4) is 0 Å². The zero-order valence-corrected chi connectivity index (χ0v) is 21.6. The molecule has 2 bridgehead atoms. The van der Waals surface area contributed by atoms with E-state index in [-0.39, 0.29) is 30.5 Å². The van der Waals surface area contributed by atoms with Crippen molar-refractivity contribution in [1.82, 2.24) is 4.90 Å². The number of hydrogen-bond acceptors (Lipinski definition) is 7. The standard InChI is InChI=1S/C26H47NO6/c1-6-27(7-2)9-8-10-31-25(29)33-19-23(17-30-5)18-32-24(28)16-26(4)14-21-11-20(3)12-22(13-21)15-26/h20-23H,6-19H2,1-5H3. The molecule has 0 aromatic heterocycles. The van der Waals surface area contributed by atoms with E-state index in [1.807, 2.05) is 0 Å². The highest BCUT2D eigenvalue weighted by Crippen LogP contribution is 2.51. The lowest BCUT2D eigenvalue weighted by atomic mass is 9.58. The molecule has 3 unspecified atom stereocenters. The van der Waals surface area contributed by atoms with Gasteiger partial charge in [-0.25, -0.2) is 4.79 Å². The third-order valence-electron chi connectivity index (χ3n) is 7.32. The Morgan fingerprint density at radius 2 is 1.61 bits per heavy atom. The van der Waals surface area contributed by atoms with Crippen LogP contribution in [0.3, 0.4) is 0 Å². The average Bonchev–Trinajstić information content (AvgIpc) is 2.74. The fraction of sp³-hybridized carbons (Fsp3) is 0.923. The van der Waals surface area contributed by atoms with Crippen molar-refractivity contribution in [3.63, 3.8) is 0 Å². The lowest BCUT2D eigenvalue weighted by Gasteiger charge is -2.47. The Morgan fingerprint density at radius 3 is 2.21 bits per heavy atom. The van der Waals surface area contributed by atoms with E-state index in [1.165, 1.54) is 19.3 Å². The second kappa shape index (κ2) is 14.1. The summed E-state index contributed by atoms with van der Waals surface area (Å²) in [5.74, 6) is 1.94. The second-order valence-electron chi connectivity index (χ2n) is 10.7. The number of rotatable bonds is 14. The average molecular weight is 470 g/mol. The molecular formula is C26H47NO6. The van der Waals surface area contributed by atoms with Gasteiger partial charge in [0.2, 0.25) is 0 Å². The number of hydrogen-bond donors (Lipinski definition) is 0. The number of esters is 1. The zero-order valence-electron chi connectivity index (χ0n) is 21.6. The Balaban J connectivity index is 1.67. The molecular weight excluding hydrogens is 422 g/mol. The molecule has 2 fully saturated rings. The first kappa shape index (κ1) is 27.9. The molecule has 33 heavy (non-hydrogen) atoms. The molecule has 2 rings (SSSR count). The first-order chi connectivity index (χ1) is 15.8. The van der Waals surface area contributed by atoms with Crippen LogP contribution in [0.4, 0.5) is 4.79 Å². The van der Waals surface area contributed by atoms with Gasteiger partial charge < -0.3 is 23.8 Å². The maximum atomic E-state index is 12.6. The van der Waals surface area contributed by atoms with E-state index in [9.17, 15) is 9.59 Å². The minimum Gasteiger partial charge on any atom is -0.465 e. The highest BCUT2D eigenvalue weighted by molar-refractivity contribution is 5.70. The smallest absolute Gasteiger partial charge is 0.465 e. The minimum atomic E-state index is -0.683. The van der Waals surface area contributed by atoms with Crippen molar-refractivity contribution in [2.24, 2.45) is 29.1 Å². The number of carbonyl (C=O) groups is 2. The molecule has 0 radical (unpaired) electrons. The van der Waals surface area contributed by atoms with Crippen molar-refractivity contribution in [1.29, 1.82) is 0 Å². The van der Waals surface area contributed by atoms with Crippen LogP contribution >= 0.6 is 0 Å². The van der Waals surface area contributed by atoms with E-state index in [4.69, 9.17) is 18.9 Å². The van der Waals surface area contributed by atoms with Gasteiger partial charge in [0.05, 0.1) is 32.2 Å². The molecule has 2 aliphatic carbocycles. The zero-order chi connectivity index (χ0) is 24.3. The molecule has 192 valence electrons. The number of methoxy groups -OCH3 is 1. The molecule has 2 aliphatic rings. The van der Waals surface area contributed by atoms with Gasteiger partial charge in [0, 0.05) is 13.7 Å². The van der Waals surface area contributed by atoms with Crippen molar-refractivity contribution in [3.05, 3.63) is 0 Å². The Kier molecular flexibility index (Phi) is 12.0. The predicted octanol–water partition coefficient (Wildman–Crippen LogP) is 4.92. The van der Waals surface area contributed by atoms with Gasteiger partial charge >= 0.3 is 12.1 Å². The van der Waals surface area contributed by atoms with Crippen molar-refractivity contribution < 1.29 is 28.5 Å². The van der Waals surface area contributed by atoms with Crippen molar-refractivity contribution in [2.75, 3.05) is 53.2 Å². The quantitative estimate of drug-likeness (QED) is 0.264. The van der Waals surface area contributed by atoms with Crippen LogP contribution < -0.4 is 0 Å². The monoisotopic (exact) mass is 469 g/mol. The van der Waals surface area contributed by atoms with Gasteiger partial charge in [0.1, 0.15) is 6.61 Å². The van der Waals surface area contributed by atoms with Gasteiger partial charge in [0.25, 0.3) is 0 Å². The summed E-state index contributed by atoms with van der Waals surface area (Å²) in [6.07, 6.45) is 6.70. The summed E-state index contributed by atoms with van der Waals surface area (Å²) in [5.41, 5.74) is 0.0347. The molecule has 7 heteroatoms. The molecule has 2 saturated carbocycles. The highest BCUT2D eigenvalue weighted by Gasteiger charge is 2.42. The third-order valence-corrected chi connectivity index (χ3v) is 7.32. The van der Waals surface area contributed by atoms with Crippen LogP contribution in [0.2, 0.25) is 0 Å². The fourth-order valence-corrected chi connectivity index (χ4v) is 6.05. The maximum absolute atomic E-state index is 12.6. The van der Waals surface area contributed by atoms with Gasteiger partial charge in [0.15, 0.2) is 0 Å². The summed E-state index contributed by atoms with van der Waals surface area (Å²) in [6.45, 7) is 12.7. The normalized spacial score (nSPS) is 27.8. The first-order valence-electron chi connectivity index (χ1n) is 12.9. The van der Waals surface area contributed by atoms with Gasteiger partial charge in [-0.2, -0.15) is 0 Å².